The number of para-hydroxylation sites is 2. The lowest BCUT2D eigenvalue weighted by molar-refractivity contribution is -0.119. The van der Waals surface area contributed by atoms with E-state index in [1.807, 2.05) is 28.8 Å². The monoisotopic (exact) mass is 366 g/mol. The molecule has 25 heavy (non-hydrogen) atoms. The van der Waals surface area contributed by atoms with Crippen molar-refractivity contribution in [1.82, 2.24) is 19.9 Å². The summed E-state index contributed by atoms with van der Waals surface area (Å²) in [6, 6.07) is 11.2. The van der Waals surface area contributed by atoms with E-state index in [0.717, 1.165) is 11.0 Å². The third kappa shape index (κ3) is 4.50. The Morgan fingerprint density at radius 2 is 1.96 bits per heavy atom. The fourth-order valence-corrected chi connectivity index (χ4v) is 2.60. The van der Waals surface area contributed by atoms with Crippen molar-refractivity contribution in [2.75, 3.05) is 5.75 Å². The smallest absolute Gasteiger partial charge is 0.351 e. The fourth-order valence-electron chi connectivity index (χ4n) is 2.20. The van der Waals surface area contributed by atoms with Gasteiger partial charge in [0.1, 0.15) is 12.1 Å². The van der Waals surface area contributed by atoms with Gasteiger partial charge in [-0.1, -0.05) is 18.2 Å². The molecule has 3 rings (SSSR count). The zero-order valence-corrected chi connectivity index (χ0v) is 13.6. The molecule has 3 aromatic rings. The van der Waals surface area contributed by atoms with Crippen molar-refractivity contribution in [3.8, 4) is 5.82 Å². The number of amides is 1. The summed E-state index contributed by atoms with van der Waals surface area (Å²) >= 11 is -0.359. The molecular formula is C16H13F3N4OS. The number of thioether (sulfide) groups is 1. The first-order valence-corrected chi connectivity index (χ1v) is 8.26. The minimum Gasteiger partial charge on any atom is -0.351 e. The van der Waals surface area contributed by atoms with Crippen LogP contribution in [0.15, 0.2) is 48.9 Å². The number of fused-ring (bicyclic) bond motifs is 1. The predicted octanol–water partition coefficient (Wildman–Crippen LogP) is 3.29. The molecule has 0 bridgehead atoms. The van der Waals surface area contributed by atoms with E-state index in [-0.39, 0.29) is 18.3 Å². The second-order valence-corrected chi connectivity index (χ2v) is 6.18. The van der Waals surface area contributed by atoms with Gasteiger partial charge in [-0.2, -0.15) is 13.2 Å². The highest BCUT2D eigenvalue weighted by molar-refractivity contribution is 8.00. The molecular weight excluding hydrogens is 353 g/mol. The molecule has 0 aliphatic rings. The highest BCUT2D eigenvalue weighted by Crippen LogP contribution is 2.29. The number of nitrogens with one attached hydrogen (secondary N) is 1. The first-order chi connectivity index (χ1) is 11.9. The van der Waals surface area contributed by atoms with E-state index in [1.54, 1.807) is 24.7 Å². The average molecular weight is 366 g/mol. The zero-order valence-electron chi connectivity index (χ0n) is 12.8. The van der Waals surface area contributed by atoms with Crippen LogP contribution < -0.4 is 5.32 Å². The van der Waals surface area contributed by atoms with Crippen molar-refractivity contribution in [2.45, 2.75) is 12.1 Å². The molecule has 9 heteroatoms. The van der Waals surface area contributed by atoms with E-state index >= 15 is 0 Å². The maximum atomic E-state index is 12.0. The van der Waals surface area contributed by atoms with Crippen LogP contribution >= 0.6 is 11.8 Å². The van der Waals surface area contributed by atoms with Crippen LogP contribution in [0.25, 0.3) is 16.9 Å². The Morgan fingerprint density at radius 1 is 1.16 bits per heavy atom. The van der Waals surface area contributed by atoms with Crippen LogP contribution in [0.1, 0.15) is 5.56 Å². The number of alkyl halides is 3. The molecule has 2 heterocycles. The first-order valence-electron chi connectivity index (χ1n) is 7.27. The van der Waals surface area contributed by atoms with Gasteiger partial charge in [-0.15, -0.1) is 0 Å². The molecule has 1 amide bonds. The summed E-state index contributed by atoms with van der Waals surface area (Å²) < 4.78 is 37.9. The SMILES string of the molecule is O=C(CSC(F)(F)F)NCc1ccc(-n2cnc3ccccc32)nc1. The van der Waals surface area contributed by atoms with Crippen molar-refractivity contribution in [2.24, 2.45) is 0 Å². The Labute approximate surface area is 145 Å². The fraction of sp³-hybridized carbons (Fsp3) is 0.188. The lowest BCUT2D eigenvalue weighted by atomic mass is 10.2. The molecule has 130 valence electrons. The Bertz CT molecular complexity index is 877. The summed E-state index contributed by atoms with van der Waals surface area (Å²) in [7, 11) is 0. The summed E-state index contributed by atoms with van der Waals surface area (Å²) in [5.74, 6) is -0.667. The zero-order chi connectivity index (χ0) is 17.9. The van der Waals surface area contributed by atoms with Crippen molar-refractivity contribution >= 4 is 28.7 Å². The number of nitrogens with zero attached hydrogens (tertiary/aromatic N) is 3. The van der Waals surface area contributed by atoms with Gasteiger partial charge < -0.3 is 5.32 Å². The van der Waals surface area contributed by atoms with Gasteiger partial charge in [0, 0.05) is 12.7 Å². The first kappa shape index (κ1) is 17.3. The van der Waals surface area contributed by atoms with Gasteiger partial charge in [0.15, 0.2) is 0 Å². The molecule has 0 aliphatic carbocycles. The lowest BCUT2D eigenvalue weighted by Crippen LogP contribution is -2.26. The van der Waals surface area contributed by atoms with Crippen LogP contribution in [0, 0.1) is 0 Å². The number of carbonyl (C=O) groups excluding carboxylic acids is 1. The van der Waals surface area contributed by atoms with E-state index in [1.165, 1.54) is 0 Å². The lowest BCUT2D eigenvalue weighted by Gasteiger charge is -2.08. The number of aromatic nitrogens is 3. The maximum absolute atomic E-state index is 12.0. The Morgan fingerprint density at radius 3 is 2.68 bits per heavy atom. The molecule has 0 saturated carbocycles. The van der Waals surface area contributed by atoms with Crippen molar-refractivity contribution < 1.29 is 18.0 Å². The minimum atomic E-state index is -4.41. The predicted molar refractivity (Wildman–Crippen MR) is 89.2 cm³/mol. The van der Waals surface area contributed by atoms with Crippen LogP contribution in [0.3, 0.4) is 0 Å². The highest BCUT2D eigenvalue weighted by Gasteiger charge is 2.29. The van der Waals surface area contributed by atoms with Gasteiger partial charge in [-0.05, 0) is 35.5 Å². The van der Waals surface area contributed by atoms with Crippen LogP contribution in [0.2, 0.25) is 0 Å². The number of imidazole rings is 1. The third-order valence-electron chi connectivity index (χ3n) is 3.37. The molecule has 0 radical (unpaired) electrons. The van der Waals surface area contributed by atoms with E-state index in [0.29, 0.717) is 11.4 Å². The van der Waals surface area contributed by atoms with Gasteiger partial charge in [0.2, 0.25) is 5.91 Å². The van der Waals surface area contributed by atoms with Gasteiger partial charge >= 0.3 is 5.51 Å². The summed E-state index contributed by atoms with van der Waals surface area (Å²) in [5, 5.41) is 2.44. The number of halogens is 3. The molecule has 1 aromatic carbocycles. The number of carbonyl (C=O) groups is 1. The molecule has 0 atom stereocenters. The minimum absolute atomic E-state index is 0.120. The van der Waals surface area contributed by atoms with Crippen molar-refractivity contribution in [1.29, 1.82) is 0 Å². The van der Waals surface area contributed by atoms with E-state index in [4.69, 9.17) is 0 Å². The van der Waals surface area contributed by atoms with Gasteiger partial charge in [-0.25, -0.2) is 9.97 Å². The number of pyridine rings is 1. The van der Waals surface area contributed by atoms with Crippen LogP contribution in [-0.2, 0) is 11.3 Å². The second kappa shape index (κ2) is 7.14. The molecule has 0 fully saturated rings. The molecule has 2 aromatic heterocycles. The van der Waals surface area contributed by atoms with Crippen LogP contribution in [0.4, 0.5) is 13.2 Å². The summed E-state index contributed by atoms with van der Waals surface area (Å²) in [4.78, 5) is 20.0. The molecule has 0 spiro atoms. The normalized spacial score (nSPS) is 11.6. The van der Waals surface area contributed by atoms with Crippen molar-refractivity contribution in [3.05, 3.63) is 54.5 Å². The van der Waals surface area contributed by atoms with E-state index < -0.39 is 17.2 Å². The standard InChI is InChI=1S/C16H13F3N4OS/c17-16(18,19)25-9-15(24)21-8-11-5-6-14(20-7-11)23-10-22-12-3-1-2-4-13(12)23/h1-7,10H,8-9H2,(H,21,24). The van der Waals surface area contributed by atoms with Gasteiger partial charge in [0.25, 0.3) is 0 Å². The second-order valence-electron chi connectivity index (χ2n) is 5.14. The molecule has 1 N–H and O–H groups in total. The maximum Gasteiger partial charge on any atom is 0.442 e. The van der Waals surface area contributed by atoms with Crippen molar-refractivity contribution in [3.63, 3.8) is 0 Å². The van der Waals surface area contributed by atoms with Crippen LogP contribution in [-0.4, -0.2) is 31.7 Å². The van der Waals surface area contributed by atoms with E-state index in [9.17, 15) is 18.0 Å². The van der Waals surface area contributed by atoms with Crippen LogP contribution in [0.5, 0.6) is 0 Å². The number of hydrogen-bond donors (Lipinski definition) is 1. The number of hydrogen-bond acceptors (Lipinski definition) is 4. The van der Waals surface area contributed by atoms with E-state index in [2.05, 4.69) is 15.3 Å². The topological polar surface area (TPSA) is 59.8 Å². The number of rotatable bonds is 5. The number of benzene rings is 1. The van der Waals surface area contributed by atoms with Gasteiger partial charge in [0.05, 0.1) is 16.8 Å². The summed E-state index contributed by atoms with van der Waals surface area (Å²) in [5.41, 5.74) is -1.95. The Balaban J connectivity index is 1.62. The molecule has 0 aliphatic heterocycles. The Kier molecular flexibility index (Phi) is 4.93. The van der Waals surface area contributed by atoms with Gasteiger partial charge in [-0.3, -0.25) is 9.36 Å². The highest BCUT2D eigenvalue weighted by atomic mass is 32.2. The Hall–Kier alpha value is -2.55. The molecule has 0 saturated heterocycles. The average Bonchev–Trinajstić information content (AvgIpc) is 3.02. The quantitative estimate of drug-likeness (QED) is 0.753. The largest absolute Gasteiger partial charge is 0.442 e. The third-order valence-corrected chi connectivity index (χ3v) is 4.10. The summed E-state index contributed by atoms with van der Waals surface area (Å²) in [6.45, 7) is 0.120. The summed E-state index contributed by atoms with van der Waals surface area (Å²) in [6.07, 6.45) is 3.24. The molecule has 0 unspecified atom stereocenters. The molecule has 5 nitrogen and oxygen atoms in total.